The molecule has 1 saturated carbocycles. The molecule has 0 radical (unpaired) electrons. The molecule has 2 aromatic carbocycles. The molecular formula is C24H24N4O4S. The second-order valence-electron chi connectivity index (χ2n) is 8.52. The van der Waals surface area contributed by atoms with Crippen LogP contribution in [0.15, 0.2) is 53.4 Å². The van der Waals surface area contributed by atoms with Gasteiger partial charge in [-0.3, -0.25) is 14.3 Å². The molecule has 0 atom stereocenters. The average molecular weight is 465 g/mol. The molecule has 2 heterocycles. The lowest BCUT2D eigenvalue weighted by atomic mass is 10.1. The van der Waals surface area contributed by atoms with Gasteiger partial charge in [-0.1, -0.05) is 30.3 Å². The van der Waals surface area contributed by atoms with E-state index in [1.165, 1.54) is 18.2 Å². The lowest BCUT2D eigenvalue weighted by Gasteiger charge is -2.13. The third kappa shape index (κ3) is 3.72. The zero-order chi connectivity index (χ0) is 23.3. The molecule has 0 saturated heterocycles. The zero-order valence-electron chi connectivity index (χ0n) is 18.4. The van der Waals surface area contributed by atoms with Crippen molar-refractivity contribution >= 4 is 21.8 Å². The van der Waals surface area contributed by atoms with E-state index in [4.69, 9.17) is 0 Å². The van der Waals surface area contributed by atoms with Crippen molar-refractivity contribution in [3.05, 3.63) is 82.2 Å². The third-order valence-electron chi connectivity index (χ3n) is 6.22. The van der Waals surface area contributed by atoms with E-state index in [-0.39, 0.29) is 28.6 Å². The predicted molar refractivity (Wildman–Crippen MR) is 121 cm³/mol. The van der Waals surface area contributed by atoms with Crippen LogP contribution in [0.2, 0.25) is 0 Å². The summed E-state index contributed by atoms with van der Waals surface area (Å²) in [5.74, 6) is -0.906. The van der Waals surface area contributed by atoms with Gasteiger partial charge < -0.3 is 5.32 Å². The van der Waals surface area contributed by atoms with Gasteiger partial charge in [-0.25, -0.2) is 12.7 Å². The van der Waals surface area contributed by atoms with Gasteiger partial charge in [0, 0.05) is 29.4 Å². The van der Waals surface area contributed by atoms with Gasteiger partial charge in [0.15, 0.2) is 0 Å². The zero-order valence-corrected chi connectivity index (χ0v) is 19.2. The van der Waals surface area contributed by atoms with Gasteiger partial charge in [0.2, 0.25) is 0 Å². The number of fused-ring (bicyclic) bond motifs is 1. The van der Waals surface area contributed by atoms with Gasteiger partial charge in [-0.2, -0.15) is 5.10 Å². The van der Waals surface area contributed by atoms with Crippen molar-refractivity contribution in [1.29, 1.82) is 0 Å². The molecule has 8 nitrogen and oxygen atoms in total. The Kier molecular flexibility index (Phi) is 5.08. The minimum atomic E-state index is -3.90. The Morgan fingerprint density at radius 2 is 1.85 bits per heavy atom. The fourth-order valence-electron chi connectivity index (χ4n) is 4.23. The maximum absolute atomic E-state index is 12.8. The molecule has 2 aliphatic rings. The van der Waals surface area contributed by atoms with Crippen LogP contribution < -0.4 is 5.32 Å². The monoisotopic (exact) mass is 464 g/mol. The molecule has 1 aromatic heterocycles. The van der Waals surface area contributed by atoms with Gasteiger partial charge in [0.1, 0.15) is 4.90 Å². The Morgan fingerprint density at radius 1 is 1.12 bits per heavy atom. The molecule has 0 unspecified atom stereocenters. The first kappa shape index (κ1) is 21.4. The normalized spacial score (nSPS) is 16.7. The number of rotatable bonds is 6. The van der Waals surface area contributed by atoms with E-state index in [9.17, 15) is 18.0 Å². The minimum absolute atomic E-state index is 0.0879. The number of carbonyl (C=O) groups excluding carboxylic acids is 2. The van der Waals surface area contributed by atoms with Gasteiger partial charge in [-0.15, -0.1) is 0 Å². The van der Waals surface area contributed by atoms with Crippen LogP contribution in [-0.2, 0) is 23.1 Å². The number of hydrogen-bond acceptors (Lipinski definition) is 5. The predicted octanol–water partition coefficient (Wildman–Crippen LogP) is 2.79. The van der Waals surface area contributed by atoms with Crippen LogP contribution in [0.5, 0.6) is 0 Å². The summed E-state index contributed by atoms with van der Waals surface area (Å²) in [5.41, 5.74) is 4.17. The van der Waals surface area contributed by atoms with Gasteiger partial charge in [0.05, 0.1) is 17.8 Å². The first-order valence-corrected chi connectivity index (χ1v) is 12.3. The molecule has 3 aromatic rings. The SMILES string of the molecule is Cc1nn(Cc2ccccc2)c(C)c1CNC(=O)c1ccc2c(c1)S(=O)(=O)N(C1CC1)C2=O. The van der Waals surface area contributed by atoms with Crippen LogP contribution in [0.1, 0.15) is 56.1 Å². The summed E-state index contributed by atoms with van der Waals surface area (Å²) in [6.45, 7) is 4.76. The van der Waals surface area contributed by atoms with Gasteiger partial charge in [-0.05, 0) is 50.5 Å². The quantitative estimate of drug-likeness (QED) is 0.605. The van der Waals surface area contributed by atoms with E-state index >= 15 is 0 Å². The van der Waals surface area contributed by atoms with Crippen molar-refractivity contribution in [1.82, 2.24) is 19.4 Å². The highest BCUT2D eigenvalue weighted by Crippen LogP contribution is 2.39. The van der Waals surface area contributed by atoms with Crippen molar-refractivity contribution in [3.63, 3.8) is 0 Å². The summed E-state index contributed by atoms with van der Waals surface area (Å²) in [6, 6.07) is 14.0. The Labute approximate surface area is 192 Å². The molecule has 1 aliphatic heterocycles. The molecular weight excluding hydrogens is 440 g/mol. The molecule has 1 fully saturated rings. The highest BCUT2D eigenvalue weighted by atomic mass is 32.2. The summed E-state index contributed by atoms with van der Waals surface area (Å²) in [5, 5.41) is 7.47. The van der Waals surface area contributed by atoms with E-state index in [1.807, 2.05) is 48.9 Å². The number of hydrogen-bond donors (Lipinski definition) is 1. The van der Waals surface area contributed by atoms with Crippen molar-refractivity contribution in [3.8, 4) is 0 Å². The van der Waals surface area contributed by atoms with Crippen LogP contribution >= 0.6 is 0 Å². The fourth-order valence-corrected chi connectivity index (χ4v) is 6.07. The van der Waals surface area contributed by atoms with Crippen LogP contribution in [0.3, 0.4) is 0 Å². The molecule has 33 heavy (non-hydrogen) atoms. The second-order valence-corrected chi connectivity index (χ2v) is 10.3. The third-order valence-corrected chi connectivity index (χ3v) is 8.10. The highest BCUT2D eigenvalue weighted by Gasteiger charge is 2.48. The molecule has 9 heteroatoms. The summed E-state index contributed by atoms with van der Waals surface area (Å²) >= 11 is 0. The smallest absolute Gasteiger partial charge is 0.269 e. The number of sulfonamides is 1. The van der Waals surface area contributed by atoms with Crippen molar-refractivity contribution in [2.75, 3.05) is 0 Å². The fraction of sp³-hybridized carbons (Fsp3) is 0.292. The number of carbonyl (C=O) groups is 2. The lowest BCUT2D eigenvalue weighted by molar-refractivity contribution is 0.0863. The molecule has 2 amide bonds. The van der Waals surface area contributed by atoms with E-state index in [0.29, 0.717) is 19.4 Å². The standard InChI is InChI=1S/C24H24N4O4S/c1-15-21(16(2)27(26-15)14-17-6-4-3-5-7-17)13-25-23(29)18-8-11-20-22(12-18)33(31,32)28(24(20)30)19-9-10-19/h3-8,11-12,19H,9-10,13-14H2,1-2H3,(H,25,29). The Bertz CT molecular complexity index is 1370. The largest absolute Gasteiger partial charge is 0.348 e. The molecule has 170 valence electrons. The lowest BCUT2D eigenvalue weighted by Crippen LogP contribution is -2.32. The first-order chi connectivity index (χ1) is 15.8. The van der Waals surface area contributed by atoms with E-state index in [1.54, 1.807) is 0 Å². The number of aryl methyl sites for hydroxylation is 1. The van der Waals surface area contributed by atoms with Crippen molar-refractivity contribution < 1.29 is 18.0 Å². The van der Waals surface area contributed by atoms with Crippen molar-refractivity contribution in [2.24, 2.45) is 0 Å². The summed E-state index contributed by atoms with van der Waals surface area (Å²) < 4.78 is 28.5. The van der Waals surface area contributed by atoms with Crippen LogP contribution in [-0.4, -0.2) is 40.4 Å². The highest BCUT2D eigenvalue weighted by molar-refractivity contribution is 7.90. The van der Waals surface area contributed by atoms with Crippen molar-refractivity contribution in [2.45, 2.75) is 50.7 Å². The van der Waals surface area contributed by atoms with E-state index in [0.717, 1.165) is 26.8 Å². The maximum Gasteiger partial charge on any atom is 0.269 e. The molecule has 0 spiro atoms. The maximum atomic E-state index is 12.8. The van der Waals surface area contributed by atoms with Gasteiger partial charge >= 0.3 is 0 Å². The van der Waals surface area contributed by atoms with E-state index in [2.05, 4.69) is 10.4 Å². The first-order valence-electron chi connectivity index (χ1n) is 10.8. The molecule has 1 N–H and O–H groups in total. The molecule has 0 bridgehead atoms. The summed E-state index contributed by atoms with van der Waals surface area (Å²) in [6.07, 6.45) is 1.37. The van der Waals surface area contributed by atoms with Crippen LogP contribution in [0.25, 0.3) is 0 Å². The second kappa shape index (κ2) is 7.84. The van der Waals surface area contributed by atoms with Crippen LogP contribution in [0, 0.1) is 13.8 Å². The topological polar surface area (TPSA) is 101 Å². The Morgan fingerprint density at radius 3 is 2.55 bits per heavy atom. The summed E-state index contributed by atoms with van der Waals surface area (Å²) in [4.78, 5) is 25.3. The van der Waals surface area contributed by atoms with Crippen LogP contribution in [0.4, 0.5) is 0 Å². The Balaban J connectivity index is 1.33. The summed E-state index contributed by atoms with van der Waals surface area (Å²) in [7, 11) is -3.90. The average Bonchev–Trinajstić information content (AvgIpc) is 3.55. The minimum Gasteiger partial charge on any atom is -0.348 e. The molecule has 5 rings (SSSR count). The number of aromatic nitrogens is 2. The van der Waals surface area contributed by atoms with E-state index < -0.39 is 21.8 Å². The number of nitrogens with one attached hydrogen (secondary N) is 1. The molecule has 1 aliphatic carbocycles. The Hall–Kier alpha value is -3.46. The number of benzene rings is 2. The number of nitrogens with zero attached hydrogens (tertiary/aromatic N) is 3. The number of amides is 2. The van der Waals surface area contributed by atoms with Gasteiger partial charge in [0.25, 0.3) is 21.8 Å².